The number of H-pyrrole nitrogens is 1. The third kappa shape index (κ3) is 3.65. The van der Waals surface area contributed by atoms with Gasteiger partial charge in [-0.25, -0.2) is 5.10 Å². The number of aromatic nitrogens is 3. The maximum Gasteiger partial charge on any atom is 0.216 e. The van der Waals surface area contributed by atoms with E-state index in [0.717, 1.165) is 27.8 Å². The fourth-order valence-corrected chi connectivity index (χ4v) is 3.10. The van der Waals surface area contributed by atoms with Crippen LogP contribution in [0.2, 0.25) is 0 Å². The number of benzene rings is 3. The average molecular weight is 390 g/mol. The van der Waals surface area contributed by atoms with Gasteiger partial charge < -0.3 is 9.47 Å². The molecule has 28 heavy (non-hydrogen) atoms. The molecule has 0 aliphatic carbocycles. The van der Waals surface area contributed by atoms with Crippen molar-refractivity contribution >= 4 is 29.2 Å². The summed E-state index contributed by atoms with van der Waals surface area (Å²) >= 11 is 5.32. The molecular formula is C21H18N4O2S. The molecule has 0 atom stereocenters. The molecule has 4 rings (SSSR count). The van der Waals surface area contributed by atoms with E-state index in [2.05, 4.69) is 21.4 Å². The van der Waals surface area contributed by atoms with Gasteiger partial charge in [-0.2, -0.15) is 14.9 Å². The first-order chi connectivity index (χ1) is 13.8. The quantitative estimate of drug-likeness (QED) is 0.387. The summed E-state index contributed by atoms with van der Waals surface area (Å²) in [7, 11) is 1.64. The standard InChI is InChI=1S/C21H18N4O2S/c1-26-19-12-11-15-7-5-6-10-17(15)18(19)13-22-25-20(23-24-21(25)28)14-27-16-8-3-2-4-9-16/h2-13H,14H2,1H3,(H,24,28). The molecule has 0 saturated carbocycles. The van der Waals surface area contributed by atoms with Crippen LogP contribution in [0.3, 0.4) is 0 Å². The molecule has 0 fully saturated rings. The minimum atomic E-state index is 0.237. The van der Waals surface area contributed by atoms with Crippen LogP contribution in [-0.4, -0.2) is 28.2 Å². The highest BCUT2D eigenvalue weighted by molar-refractivity contribution is 7.71. The van der Waals surface area contributed by atoms with E-state index >= 15 is 0 Å². The normalized spacial score (nSPS) is 11.2. The van der Waals surface area contributed by atoms with Crippen LogP contribution in [0, 0.1) is 4.77 Å². The Kier molecular flexibility index (Phi) is 5.16. The lowest BCUT2D eigenvalue weighted by Crippen LogP contribution is -2.04. The first kappa shape index (κ1) is 17.9. The second-order valence-corrected chi connectivity index (χ2v) is 6.39. The van der Waals surface area contributed by atoms with Crippen LogP contribution < -0.4 is 9.47 Å². The van der Waals surface area contributed by atoms with Gasteiger partial charge in [-0.15, -0.1) is 0 Å². The lowest BCUT2D eigenvalue weighted by molar-refractivity contribution is 0.290. The SMILES string of the molecule is COc1ccc2ccccc2c1C=Nn1c(COc2ccccc2)n[nH]c1=S. The van der Waals surface area contributed by atoms with Crippen molar-refractivity contribution in [2.24, 2.45) is 5.10 Å². The van der Waals surface area contributed by atoms with Crippen molar-refractivity contribution in [2.75, 3.05) is 7.11 Å². The van der Waals surface area contributed by atoms with Gasteiger partial charge in [-0.1, -0.05) is 48.5 Å². The van der Waals surface area contributed by atoms with Gasteiger partial charge in [0.2, 0.25) is 4.77 Å². The minimum absolute atomic E-state index is 0.237. The molecule has 0 spiro atoms. The van der Waals surface area contributed by atoms with Crippen molar-refractivity contribution in [3.05, 3.63) is 82.9 Å². The van der Waals surface area contributed by atoms with E-state index in [9.17, 15) is 0 Å². The van der Waals surface area contributed by atoms with E-state index in [4.69, 9.17) is 21.7 Å². The van der Waals surface area contributed by atoms with Crippen LogP contribution in [-0.2, 0) is 6.61 Å². The highest BCUT2D eigenvalue weighted by Crippen LogP contribution is 2.26. The molecule has 140 valence electrons. The van der Waals surface area contributed by atoms with Crippen LogP contribution in [0.5, 0.6) is 11.5 Å². The third-order valence-corrected chi connectivity index (χ3v) is 4.55. The average Bonchev–Trinajstić information content (AvgIpc) is 3.10. The summed E-state index contributed by atoms with van der Waals surface area (Å²) in [6, 6.07) is 21.6. The zero-order valence-corrected chi connectivity index (χ0v) is 16.0. The number of methoxy groups -OCH3 is 1. The molecule has 0 radical (unpaired) electrons. The molecule has 0 amide bonds. The van der Waals surface area contributed by atoms with Crippen LogP contribution in [0.4, 0.5) is 0 Å². The fourth-order valence-electron chi connectivity index (χ4n) is 2.90. The van der Waals surface area contributed by atoms with Crippen LogP contribution in [0.15, 0.2) is 71.8 Å². The Labute approximate surface area is 167 Å². The second-order valence-electron chi connectivity index (χ2n) is 6.01. The number of ether oxygens (including phenoxy) is 2. The lowest BCUT2D eigenvalue weighted by atomic mass is 10.0. The first-order valence-corrected chi connectivity index (χ1v) is 9.11. The molecule has 0 aliphatic heterocycles. The molecule has 1 heterocycles. The van der Waals surface area contributed by atoms with Crippen molar-refractivity contribution in [3.8, 4) is 11.5 Å². The molecule has 1 N–H and O–H groups in total. The molecule has 3 aromatic carbocycles. The largest absolute Gasteiger partial charge is 0.496 e. The summed E-state index contributed by atoms with van der Waals surface area (Å²) in [6.45, 7) is 0.237. The molecule has 0 bridgehead atoms. The Hall–Kier alpha value is -3.45. The van der Waals surface area contributed by atoms with Gasteiger partial charge in [0.25, 0.3) is 0 Å². The van der Waals surface area contributed by atoms with Gasteiger partial charge >= 0.3 is 0 Å². The minimum Gasteiger partial charge on any atom is -0.496 e. The summed E-state index contributed by atoms with van der Waals surface area (Å²) in [5, 5.41) is 13.7. The number of nitrogens with zero attached hydrogens (tertiary/aromatic N) is 3. The van der Waals surface area contributed by atoms with E-state index in [1.165, 1.54) is 0 Å². The van der Waals surface area contributed by atoms with Crippen molar-refractivity contribution in [1.29, 1.82) is 0 Å². The number of aromatic amines is 1. The Balaban J connectivity index is 1.67. The highest BCUT2D eigenvalue weighted by atomic mass is 32.1. The van der Waals surface area contributed by atoms with Gasteiger partial charge in [0, 0.05) is 5.56 Å². The molecule has 0 saturated heterocycles. The predicted molar refractivity (Wildman–Crippen MR) is 112 cm³/mol. The van der Waals surface area contributed by atoms with Crippen molar-refractivity contribution in [1.82, 2.24) is 14.9 Å². The number of hydrogen-bond acceptors (Lipinski definition) is 5. The van der Waals surface area contributed by atoms with E-state index in [0.29, 0.717) is 10.6 Å². The van der Waals surface area contributed by atoms with Gasteiger partial charge in [-0.3, -0.25) is 0 Å². The van der Waals surface area contributed by atoms with Gasteiger partial charge in [0.05, 0.1) is 13.3 Å². The molecular weight excluding hydrogens is 372 g/mol. The Bertz CT molecular complexity index is 1180. The molecule has 4 aromatic rings. The monoisotopic (exact) mass is 390 g/mol. The Morgan fingerprint density at radius 2 is 1.86 bits per heavy atom. The van der Waals surface area contributed by atoms with Crippen molar-refractivity contribution < 1.29 is 9.47 Å². The maximum atomic E-state index is 5.77. The van der Waals surface area contributed by atoms with E-state index < -0.39 is 0 Å². The molecule has 1 aromatic heterocycles. The number of hydrogen-bond donors (Lipinski definition) is 1. The zero-order valence-electron chi connectivity index (χ0n) is 15.2. The lowest BCUT2D eigenvalue weighted by Gasteiger charge is -2.09. The number of nitrogens with one attached hydrogen (secondary N) is 1. The topological polar surface area (TPSA) is 64.4 Å². The number of para-hydroxylation sites is 1. The molecule has 6 nitrogen and oxygen atoms in total. The van der Waals surface area contributed by atoms with Gasteiger partial charge in [-0.05, 0) is 41.2 Å². The highest BCUT2D eigenvalue weighted by Gasteiger charge is 2.09. The summed E-state index contributed by atoms with van der Waals surface area (Å²) in [5.41, 5.74) is 0.874. The maximum absolute atomic E-state index is 5.77. The number of fused-ring (bicyclic) bond motifs is 1. The fraction of sp³-hybridized carbons (Fsp3) is 0.0952. The molecule has 0 aliphatic rings. The van der Waals surface area contributed by atoms with Crippen LogP contribution >= 0.6 is 12.2 Å². The second kappa shape index (κ2) is 8.06. The van der Waals surface area contributed by atoms with E-state index in [1.807, 2.05) is 60.7 Å². The summed E-state index contributed by atoms with van der Waals surface area (Å²) in [4.78, 5) is 0. The van der Waals surface area contributed by atoms with Gasteiger partial charge in [0.1, 0.15) is 18.1 Å². The predicted octanol–water partition coefficient (Wildman–Crippen LogP) is 4.56. The van der Waals surface area contributed by atoms with E-state index in [-0.39, 0.29) is 6.61 Å². The van der Waals surface area contributed by atoms with Crippen molar-refractivity contribution in [3.63, 3.8) is 0 Å². The molecule has 7 heteroatoms. The smallest absolute Gasteiger partial charge is 0.216 e. The first-order valence-electron chi connectivity index (χ1n) is 8.70. The Morgan fingerprint density at radius 3 is 2.68 bits per heavy atom. The van der Waals surface area contributed by atoms with Crippen LogP contribution in [0.25, 0.3) is 10.8 Å². The van der Waals surface area contributed by atoms with Crippen LogP contribution in [0.1, 0.15) is 11.4 Å². The zero-order chi connectivity index (χ0) is 19.3. The number of rotatable bonds is 6. The summed E-state index contributed by atoms with van der Waals surface area (Å²) in [6.07, 6.45) is 1.73. The van der Waals surface area contributed by atoms with E-state index in [1.54, 1.807) is 18.0 Å². The summed E-state index contributed by atoms with van der Waals surface area (Å²) in [5.74, 6) is 2.06. The Morgan fingerprint density at radius 1 is 1.07 bits per heavy atom. The van der Waals surface area contributed by atoms with Crippen molar-refractivity contribution in [2.45, 2.75) is 6.61 Å². The third-order valence-electron chi connectivity index (χ3n) is 4.28. The van der Waals surface area contributed by atoms with Gasteiger partial charge in [0.15, 0.2) is 5.82 Å². The molecule has 0 unspecified atom stereocenters. The summed E-state index contributed by atoms with van der Waals surface area (Å²) < 4.78 is 13.2.